The van der Waals surface area contributed by atoms with E-state index in [1.165, 1.54) is 0 Å². The molecule has 0 unspecified atom stereocenters. The number of rotatable bonds is 3. The minimum atomic E-state index is 1.09. The normalized spacial score (nSPS) is 8.29. The summed E-state index contributed by atoms with van der Waals surface area (Å²) in [5.74, 6) is 1.09. The second-order valence-electron chi connectivity index (χ2n) is 1.07. The molecule has 0 bridgehead atoms. The number of hydrogen-bond acceptors (Lipinski definition) is 2. The first-order valence-corrected chi connectivity index (χ1v) is 3.53. The van der Waals surface area contributed by atoms with Gasteiger partial charge in [0.25, 0.3) is 0 Å². The van der Waals surface area contributed by atoms with Crippen LogP contribution in [-0.2, 0) is 0 Å². The molecule has 0 heterocycles. The van der Waals surface area contributed by atoms with Gasteiger partial charge in [0.1, 0.15) is 0 Å². The third-order valence-electron chi connectivity index (χ3n) is 0.481. The fraction of sp³-hybridized carbons (Fsp3) is 0.750. The Bertz CT molecular complexity index is 55.7. The Labute approximate surface area is 54.2 Å². The molecule has 0 aliphatic rings. The zero-order valence-corrected chi connectivity index (χ0v) is 6.18. The highest BCUT2D eigenvalue weighted by Crippen LogP contribution is 2.00. The highest BCUT2D eigenvalue weighted by molar-refractivity contribution is 7.98. The smallest absolute Gasteiger partial charge is 0.0737 e. The predicted molar refractivity (Wildman–Crippen MR) is 39.6 cm³/mol. The molecule has 0 fully saturated rings. The summed E-state index contributed by atoms with van der Waals surface area (Å²) < 4.78 is 1.91. The van der Waals surface area contributed by atoms with Gasteiger partial charge < -0.3 is 4.31 Å². The second-order valence-corrected chi connectivity index (χ2v) is 2.69. The van der Waals surface area contributed by atoms with Crippen LogP contribution >= 0.6 is 24.2 Å². The Morgan fingerprint density at radius 1 is 1.86 bits per heavy atom. The van der Waals surface area contributed by atoms with E-state index in [-0.39, 0.29) is 0 Å². The van der Waals surface area contributed by atoms with Gasteiger partial charge in [0.05, 0.1) is 5.49 Å². The lowest BCUT2D eigenvalue weighted by atomic mass is 11.0. The summed E-state index contributed by atoms with van der Waals surface area (Å²) in [6.07, 6.45) is 0. The molecule has 3 heteroatoms. The Kier molecular flexibility index (Phi) is 4.55. The van der Waals surface area contributed by atoms with Gasteiger partial charge >= 0.3 is 0 Å². The van der Waals surface area contributed by atoms with E-state index in [1.54, 1.807) is 17.4 Å². The van der Waals surface area contributed by atoms with E-state index in [0.717, 1.165) is 5.75 Å². The maximum Gasteiger partial charge on any atom is 0.0737 e. The summed E-state index contributed by atoms with van der Waals surface area (Å²) in [6, 6.07) is 0. The molecule has 0 aromatic carbocycles. The Morgan fingerprint density at radius 3 is 2.57 bits per heavy atom. The average Bonchev–Trinajstić information content (AvgIpc) is 1.68. The largest absolute Gasteiger partial charge is 0.316 e. The molecule has 0 aromatic rings. The van der Waals surface area contributed by atoms with Crippen molar-refractivity contribution in [3.63, 3.8) is 0 Å². The molecule has 7 heavy (non-hydrogen) atoms. The van der Waals surface area contributed by atoms with Gasteiger partial charge in [-0.05, 0) is 0 Å². The first kappa shape index (κ1) is 7.24. The van der Waals surface area contributed by atoms with Crippen LogP contribution in [0.3, 0.4) is 0 Å². The Hall–Kier alpha value is 0.240. The highest BCUT2D eigenvalue weighted by atomic mass is 32.2. The lowest BCUT2D eigenvalue weighted by Gasteiger charge is -2.06. The average molecular weight is 135 g/mol. The van der Waals surface area contributed by atoms with Gasteiger partial charge in [0.2, 0.25) is 0 Å². The number of thiocarbonyl (C=S) groups is 1. The first-order chi connectivity index (χ1) is 3.31. The van der Waals surface area contributed by atoms with Crippen LogP contribution in [0.15, 0.2) is 0 Å². The minimum absolute atomic E-state index is 1.09. The summed E-state index contributed by atoms with van der Waals surface area (Å²) in [5.41, 5.74) is 1.63. The molecule has 0 aliphatic heterocycles. The van der Waals surface area contributed by atoms with Gasteiger partial charge in [-0.2, -0.15) is 0 Å². The molecule has 0 spiro atoms. The quantitative estimate of drug-likeness (QED) is 0.427. The highest BCUT2D eigenvalue weighted by Gasteiger charge is 1.83. The van der Waals surface area contributed by atoms with Crippen molar-refractivity contribution in [2.24, 2.45) is 0 Å². The van der Waals surface area contributed by atoms with Crippen molar-refractivity contribution in [3.8, 4) is 0 Å². The molecule has 0 saturated heterocycles. The number of nitrogens with zero attached hydrogens (tertiary/aromatic N) is 1. The summed E-state index contributed by atoms with van der Waals surface area (Å²) in [6.45, 7) is 2.10. The maximum absolute atomic E-state index is 4.62. The minimum Gasteiger partial charge on any atom is -0.316 e. The van der Waals surface area contributed by atoms with Crippen LogP contribution in [0.2, 0.25) is 0 Å². The third kappa shape index (κ3) is 4.09. The zero-order valence-electron chi connectivity index (χ0n) is 4.55. The molecule has 0 radical (unpaired) electrons. The van der Waals surface area contributed by atoms with Crippen molar-refractivity contribution in [3.05, 3.63) is 0 Å². The molecule has 0 aromatic heterocycles. The molecule has 0 amide bonds. The van der Waals surface area contributed by atoms with Crippen LogP contribution in [0.25, 0.3) is 0 Å². The van der Waals surface area contributed by atoms with E-state index >= 15 is 0 Å². The lowest BCUT2D eigenvalue weighted by Crippen LogP contribution is -2.02. The molecular formula is C4H9NS2. The van der Waals surface area contributed by atoms with E-state index in [0.29, 0.717) is 0 Å². The molecule has 42 valence electrons. The zero-order chi connectivity index (χ0) is 5.70. The van der Waals surface area contributed by atoms with Gasteiger partial charge in [-0.1, -0.05) is 31.1 Å². The third-order valence-corrected chi connectivity index (χ3v) is 1.70. The second kappa shape index (κ2) is 4.40. The van der Waals surface area contributed by atoms with Crippen molar-refractivity contribution in [1.29, 1.82) is 0 Å². The van der Waals surface area contributed by atoms with Gasteiger partial charge in [0.15, 0.2) is 0 Å². The van der Waals surface area contributed by atoms with E-state index in [1.807, 2.05) is 11.4 Å². The van der Waals surface area contributed by atoms with Crippen LogP contribution in [-0.4, -0.2) is 22.6 Å². The van der Waals surface area contributed by atoms with Crippen LogP contribution in [0.5, 0.6) is 0 Å². The van der Waals surface area contributed by atoms with Crippen molar-refractivity contribution < 1.29 is 0 Å². The van der Waals surface area contributed by atoms with Crippen LogP contribution < -0.4 is 0 Å². The summed E-state index contributed by atoms with van der Waals surface area (Å²) in [5, 5.41) is 0. The van der Waals surface area contributed by atoms with Gasteiger partial charge in [-0.25, -0.2) is 0 Å². The van der Waals surface area contributed by atoms with Crippen molar-refractivity contribution in [2.75, 3.05) is 12.8 Å². The van der Waals surface area contributed by atoms with Crippen molar-refractivity contribution in [1.82, 2.24) is 4.31 Å². The topological polar surface area (TPSA) is 3.24 Å². The lowest BCUT2D eigenvalue weighted by molar-refractivity contribution is 0.887. The maximum atomic E-state index is 4.62. The van der Waals surface area contributed by atoms with Crippen molar-refractivity contribution >= 4 is 29.7 Å². The van der Waals surface area contributed by atoms with E-state index in [4.69, 9.17) is 0 Å². The SMILES string of the molecule is CCSN(C)C=S. The number of hydrogen-bond donors (Lipinski definition) is 0. The summed E-state index contributed by atoms with van der Waals surface area (Å²) in [7, 11) is 1.95. The monoisotopic (exact) mass is 135 g/mol. The summed E-state index contributed by atoms with van der Waals surface area (Å²) >= 11 is 6.33. The molecular weight excluding hydrogens is 126 g/mol. The Morgan fingerprint density at radius 2 is 2.43 bits per heavy atom. The molecule has 0 saturated carbocycles. The van der Waals surface area contributed by atoms with Crippen LogP contribution in [0, 0.1) is 0 Å². The van der Waals surface area contributed by atoms with E-state index < -0.39 is 0 Å². The molecule has 0 aliphatic carbocycles. The van der Waals surface area contributed by atoms with Gasteiger partial charge in [0, 0.05) is 12.8 Å². The van der Waals surface area contributed by atoms with E-state index in [9.17, 15) is 0 Å². The van der Waals surface area contributed by atoms with Crippen LogP contribution in [0.1, 0.15) is 6.92 Å². The first-order valence-electron chi connectivity index (χ1n) is 2.12. The fourth-order valence-corrected chi connectivity index (χ4v) is 0.885. The van der Waals surface area contributed by atoms with Gasteiger partial charge in [-0.15, -0.1) is 0 Å². The molecule has 0 rings (SSSR count). The standard InChI is InChI=1S/C4H9NS2/c1-3-7-5(2)4-6/h4H,3H2,1-2H3. The fourth-order valence-electron chi connectivity index (χ4n) is 0.234. The Balaban J connectivity index is 2.98. The van der Waals surface area contributed by atoms with E-state index in [2.05, 4.69) is 19.1 Å². The summed E-state index contributed by atoms with van der Waals surface area (Å²) in [4.78, 5) is 0. The van der Waals surface area contributed by atoms with Crippen LogP contribution in [0.4, 0.5) is 0 Å². The van der Waals surface area contributed by atoms with Gasteiger partial charge in [-0.3, -0.25) is 0 Å². The molecule has 0 N–H and O–H groups in total. The van der Waals surface area contributed by atoms with Crippen molar-refractivity contribution in [2.45, 2.75) is 6.92 Å². The molecule has 1 nitrogen and oxygen atoms in total. The predicted octanol–water partition coefficient (Wildman–Crippen LogP) is 1.54. The molecule has 0 atom stereocenters.